The molecular weight excluding hydrogens is 218 g/mol. The average Bonchev–Trinajstić information content (AvgIpc) is 2.75. The molecule has 0 saturated heterocycles. The molecule has 0 fully saturated rings. The van der Waals surface area contributed by atoms with Crippen LogP contribution in [0, 0.1) is 5.92 Å². The van der Waals surface area contributed by atoms with Gasteiger partial charge in [-0.25, -0.2) is 0 Å². The van der Waals surface area contributed by atoms with Gasteiger partial charge in [0.15, 0.2) is 11.5 Å². The summed E-state index contributed by atoms with van der Waals surface area (Å²) in [6, 6.07) is 5.66. The van der Waals surface area contributed by atoms with Crippen molar-refractivity contribution < 1.29 is 14.3 Å². The third-order valence-corrected chi connectivity index (χ3v) is 2.77. The van der Waals surface area contributed by atoms with Crippen molar-refractivity contribution in [3.8, 4) is 11.5 Å². The standard InChI is InChI=1S/C13H15NO3/c1-2-3-10(13(14)15)6-9-4-5-11-12(7-9)17-8-16-11/h2,4-5,7,10H,1,3,6,8H2,(H2,14,15)/t10-/m1/s1. The third kappa shape index (κ3) is 2.58. The van der Waals surface area contributed by atoms with E-state index in [1.54, 1.807) is 6.08 Å². The Bertz CT molecular complexity index is 442. The molecule has 1 aromatic carbocycles. The molecule has 0 radical (unpaired) electrons. The van der Waals surface area contributed by atoms with E-state index in [1.807, 2.05) is 18.2 Å². The first kappa shape index (κ1) is 11.5. The molecule has 4 nitrogen and oxygen atoms in total. The first-order valence-corrected chi connectivity index (χ1v) is 5.49. The average molecular weight is 233 g/mol. The number of allylic oxidation sites excluding steroid dienone is 1. The number of hydrogen-bond acceptors (Lipinski definition) is 3. The summed E-state index contributed by atoms with van der Waals surface area (Å²) < 4.78 is 10.5. The van der Waals surface area contributed by atoms with Gasteiger partial charge in [0, 0.05) is 5.92 Å². The Labute approximate surface area is 100 Å². The van der Waals surface area contributed by atoms with E-state index >= 15 is 0 Å². The maximum Gasteiger partial charge on any atom is 0.231 e. The normalized spacial score (nSPS) is 14.4. The maximum absolute atomic E-state index is 11.2. The lowest BCUT2D eigenvalue weighted by Crippen LogP contribution is -2.24. The van der Waals surface area contributed by atoms with Gasteiger partial charge in [-0.1, -0.05) is 12.1 Å². The summed E-state index contributed by atoms with van der Waals surface area (Å²) in [4.78, 5) is 11.2. The van der Waals surface area contributed by atoms with E-state index < -0.39 is 0 Å². The number of hydrogen-bond donors (Lipinski definition) is 1. The van der Waals surface area contributed by atoms with E-state index in [1.165, 1.54) is 0 Å². The van der Waals surface area contributed by atoms with E-state index in [2.05, 4.69) is 6.58 Å². The van der Waals surface area contributed by atoms with Crippen LogP contribution in [0.5, 0.6) is 11.5 Å². The fourth-order valence-corrected chi connectivity index (χ4v) is 1.85. The molecule has 17 heavy (non-hydrogen) atoms. The number of rotatable bonds is 5. The van der Waals surface area contributed by atoms with Gasteiger partial charge in [0.1, 0.15) is 0 Å². The van der Waals surface area contributed by atoms with E-state index in [0.717, 1.165) is 17.1 Å². The highest BCUT2D eigenvalue weighted by Crippen LogP contribution is 2.33. The van der Waals surface area contributed by atoms with Crippen molar-refractivity contribution in [2.75, 3.05) is 6.79 Å². The Balaban J connectivity index is 2.12. The van der Waals surface area contributed by atoms with Gasteiger partial charge in [-0.3, -0.25) is 4.79 Å². The van der Waals surface area contributed by atoms with Gasteiger partial charge in [-0.15, -0.1) is 6.58 Å². The second-order valence-electron chi connectivity index (χ2n) is 4.02. The molecule has 90 valence electrons. The number of carbonyl (C=O) groups is 1. The Morgan fingerprint density at radius 2 is 2.24 bits per heavy atom. The van der Waals surface area contributed by atoms with Gasteiger partial charge >= 0.3 is 0 Å². The number of benzene rings is 1. The van der Waals surface area contributed by atoms with Crippen molar-refractivity contribution in [3.05, 3.63) is 36.4 Å². The summed E-state index contributed by atoms with van der Waals surface area (Å²) in [6.07, 6.45) is 2.89. The SMILES string of the molecule is C=CC[C@H](Cc1ccc2c(c1)OCO2)C(N)=O. The van der Waals surface area contributed by atoms with Gasteiger partial charge in [-0.05, 0) is 30.5 Å². The highest BCUT2D eigenvalue weighted by atomic mass is 16.7. The highest BCUT2D eigenvalue weighted by molar-refractivity contribution is 5.77. The zero-order chi connectivity index (χ0) is 12.3. The molecule has 0 unspecified atom stereocenters. The van der Waals surface area contributed by atoms with Crippen LogP contribution in [0.3, 0.4) is 0 Å². The lowest BCUT2D eigenvalue weighted by Gasteiger charge is -2.11. The molecule has 4 heteroatoms. The Morgan fingerprint density at radius 1 is 1.47 bits per heavy atom. The molecule has 0 aromatic heterocycles. The van der Waals surface area contributed by atoms with Crippen LogP contribution < -0.4 is 15.2 Å². The van der Waals surface area contributed by atoms with Crippen molar-refractivity contribution in [2.45, 2.75) is 12.8 Å². The molecule has 1 aromatic rings. The lowest BCUT2D eigenvalue weighted by molar-refractivity contribution is -0.121. The molecule has 0 spiro atoms. The largest absolute Gasteiger partial charge is 0.454 e. The van der Waals surface area contributed by atoms with Crippen LogP contribution in [0.1, 0.15) is 12.0 Å². The summed E-state index contributed by atoms with van der Waals surface area (Å²) in [7, 11) is 0. The monoisotopic (exact) mass is 233 g/mol. The zero-order valence-electron chi connectivity index (χ0n) is 9.52. The van der Waals surface area contributed by atoms with Crippen LogP contribution in [-0.4, -0.2) is 12.7 Å². The van der Waals surface area contributed by atoms with Crippen molar-refractivity contribution in [2.24, 2.45) is 11.7 Å². The molecule has 1 amide bonds. The molecule has 1 aliphatic rings. The number of carbonyl (C=O) groups excluding carboxylic acids is 1. The molecule has 0 aliphatic carbocycles. The smallest absolute Gasteiger partial charge is 0.231 e. The first-order chi connectivity index (χ1) is 8.20. The van der Waals surface area contributed by atoms with E-state index in [9.17, 15) is 4.79 Å². The molecule has 1 aliphatic heterocycles. The minimum Gasteiger partial charge on any atom is -0.454 e. The summed E-state index contributed by atoms with van der Waals surface area (Å²) in [5.41, 5.74) is 6.35. The molecule has 2 N–H and O–H groups in total. The zero-order valence-corrected chi connectivity index (χ0v) is 9.52. The van der Waals surface area contributed by atoms with Crippen LogP contribution in [0.25, 0.3) is 0 Å². The van der Waals surface area contributed by atoms with E-state index in [0.29, 0.717) is 12.8 Å². The number of primary amides is 1. The second-order valence-corrected chi connectivity index (χ2v) is 4.02. The van der Waals surface area contributed by atoms with Gasteiger partial charge in [0.2, 0.25) is 12.7 Å². The van der Waals surface area contributed by atoms with Gasteiger partial charge in [0.25, 0.3) is 0 Å². The van der Waals surface area contributed by atoms with E-state index in [-0.39, 0.29) is 18.6 Å². The molecule has 0 saturated carbocycles. The Morgan fingerprint density at radius 3 is 2.94 bits per heavy atom. The van der Waals surface area contributed by atoms with Crippen LogP contribution in [0.4, 0.5) is 0 Å². The lowest BCUT2D eigenvalue weighted by atomic mass is 9.95. The van der Waals surface area contributed by atoms with Crippen LogP contribution in [0.15, 0.2) is 30.9 Å². The summed E-state index contributed by atoms with van der Waals surface area (Å²) in [5.74, 6) is 0.952. The quantitative estimate of drug-likeness (QED) is 0.786. The predicted octanol–water partition coefficient (Wildman–Crippen LogP) is 1.64. The number of fused-ring (bicyclic) bond motifs is 1. The second kappa shape index (κ2) is 4.91. The molecule has 1 heterocycles. The number of ether oxygens (including phenoxy) is 2. The number of nitrogens with two attached hydrogens (primary N) is 1. The number of amides is 1. The van der Waals surface area contributed by atoms with Crippen LogP contribution in [-0.2, 0) is 11.2 Å². The van der Waals surface area contributed by atoms with Crippen molar-refractivity contribution in [1.29, 1.82) is 0 Å². The summed E-state index contributed by atoms with van der Waals surface area (Å²) in [5, 5.41) is 0. The molecule has 2 rings (SSSR count). The maximum atomic E-state index is 11.2. The fourth-order valence-electron chi connectivity index (χ4n) is 1.85. The minimum atomic E-state index is -0.303. The molecule has 1 atom stereocenters. The van der Waals surface area contributed by atoms with Crippen LogP contribution in [0.2, 0.25) is 0 Å². The minimum absolute atomic E-state index is 0.215. The molecule has 0 bridgehead atoms. The Hall–Kier alpha value is -1.97. The van der Waals surface area contributed by atoms with Gasteiger partial charge < -0.3 is 15.2 Å². The Kier molecular flexibility index (Phi) is 3.32. The third-order valence-electron chi connectivity index (χ3n) is 2.77. The van der Waals surface area contributed by atoms with Crippen molar-refractivity contribution in [3.63, 3.8) is 0 Å². The fraction of sp³-hybridized carbons (Fsp3) is 0.308. The van der Waals surface area contributed by atoms with Gasteiger partial charge in [-0.2, -0.15) is 0 Å². The van der Waals surface area contributed by atoms with Gasteiger partial charge in [0.05, 0.1) is 0 Å². The van der Waals surface area contributed by atoms with Crippen molar-refractivity contribution >= 4 is 5.91 Å². The highest BCUT2D eigenvalue weighted by Gasteiger charge is 2.17. The van der Waals surface area contributed by atoms with Crippen LogP contribution >= 0.6 is 0 Å². The summed E-state index contributed by atoms with van der Waals surface area (Å²) >= 11 is 0. The topological polar surface area (TPSA) is 61.6 Å². The van der Waals surface area contributed by atoms with Crippen molar-refractivity contribution in [1.82, 2.24) is 0 Å². The summed E-state index contributed by atoms with van der Waals surface area (Å²) in [6.45, 7) is 3.88. The van der Waals surface area contributed by atoms with E-state index in [4.69, 9.17) is 15.2 Å². The predicted molar refractivity (Wildman–Crippen MR) is 63.8 cm³/mol. The first-order valence-electron chi connectivity index (χ1n) is 5.49. The molecular formula is C13H15NO3.